The van der Waals surface area contributed by atoms with Crippen LogP contribution in [0, 0.1) is 0 Å². The molecular formula is C10H10O3. The summed E-state index contributed by atoms with van der Waals surface area (Å²) >= 11 is 0. The van der Waals surface area contributed by atoms with E-state index in [0.29, 0.717) is 17.6 Å². The van der Waals surface area contributed by atoms with Gasteiger partial charge in [0.15, 0.2) is 5.78 Å². The number of Topliss-reactive ketones (excluding diaryl/α,β-unsaturated/α-hetero) is 1. The third-order valence-electron chi connectivity index (χ3n) is 1.66. The highest BCUT2D eigenvalue weighted by atomic mass is 16.5. The van der Waals surface area contributed by atoms with E-state index < -0.39 is 0 Å². The van der Waals surface area contributed by atoms with Gasteiger partial charge in [-0.25, -0.2) is 0 Å². The summed E-state index contributed by atoms with van der Waals surface area (Å²) in [5.41, 5.74) is 0.506. The lowest BCUT2D eigenvalue weighted by molar-refractivity contribution is -0.107. The molecule has 0 unspecified atom stereocenters. The Balaban J connectivity index is 2.87. The zero-order valence-electron chi connectivity index (χ0n) is 7.32. The molecular weight excluding hydrogens is 168 g/mol. The minimum absolute atomic E-state index is 0.0762. The number of ketones is 1. The lowest BCUT2D eigenvalue weighted by atomic mass is 10.1. The van der Waals surface area contributed by atoms with E-state index in [1.807, 2.05) is 0 Å². The van der Waals surface area contributed by atoms with Gasteiger partial charge in [-0.3, -0.25) is 4.79 Å². The molecule has 0 saturated carbocycles. The maximum absolute atomic E-state index is 11.2. The fourth-order valence-corrected chi connectivity index (χ4v) is 0.990. The number of aldehydes is 1. The highest BCUT2D eigenvalue weighted by molar-refractivity contribution is 6.02. The average molecular weight is 178 g/mol. The SMILES string of the molecule is COc1cccc(C(=O)CC=O)c1. The van der Waals surface area contributed by atoms with E-state index in [1.54, 1.807) is 24.3 Å². The van der Waals surface area contributed by atoms with Crippen LogP contribution >= 0.6 is 0 Å². The average Bonchev–Trinajstić information content (AvgIpc) is 2.18. The lowest BCUT2D eigenvalue weighted by Gasteiger charge is -2.01. The Morgan fingerprint density at radius 1 is 1.54 bits per heavy atom. The first-order valence-corrected chi connectivity index (χ1v) is 3.89. The van der Waals surface area contributed by atoms with Crippen LogP contribution in [-0.4, -0.2) is 19.2 Å². The van der Waals surface area contributed by atoms with Crippen LogP contribution in [0.1, 0.15) is 16.8 Å². The van der Waals surface area contributed by atoms with Gasteiger partial charge in [0, 0.05) is 5.56 Å². The Hall–Kier alpha value is -1.64. The molecule has 0 spiro atoms. The van der Waals surface area contributed by atoms with E-state index in [2.05, 4.69) is 0 Å². The summed E-state index contributed by atoms with van der Waals surface area (Å²) in [5.74, 6) is 0.436. The molecule has 0 atom stereocenters. The molecule has 0 N–H and O–H groups in total. The molecule has 3 nitrogen and oxygen atoms in total. The van der Waals surface area contributed by atoms with Crippen molar-refractivity contribution in [3.05, 3.63) is 29.8 Å². The molecule has 1 rings (SSSR count). The largest absolute Gasteiger partial charge is 0.497 e. The minimum atomic E-state index is -0.186. The summed E-state index contributed by atoms with van der Waals surface area (Å²) in [6, 6.07) is 6.74. The Kier molecular flexibility index (Phi) is 3.20. The Morgan fingerprint density at radius 2 is 2.31 bits per heavy atom. The molecule has 1 aromatic carbocycles. The number of rotatable bonds is 4. The second-order valence-corrected chi connectivity index (χ2v) is 2.53. The Morgan fingerprint density at radius 3 is 2.92 bits per heavy atom. The second kappa shape index (κ2) is 4.40. The summed E-state index contributed by atoms with van der Waals surface area (Å²) in [6.45, 7) is 0. The van der Waals surface area contributed by atoms with Gasteiger partial charge in [-0.2, -0.15) is 0 Å². The highest BCUT2D eigenvalue weighted by Gasteiger charge is 2.04. The number of hydrogen-bond acceptors (Lipinski definition) is 3. The van der Waals surface area contributed by atoms with Crippen molar-refractivity contribution in [3.63, 3.8) is 0 Å². The van der Waals surface area contributed by atoms with Crippen LogP contribution < -0.4 is 4.74 Å². The molecule has 0 heterocycles. The summed E-state index contributed by atoms with van der Waals surface area (Å²) in [7, 11) is 1.53. The molecule has 0 bridgehead atoms. The normalized spacial score (nSPS) is 9.31. The molecule has 68 valence electrons. The topological polar surface area (TPSA) is 43.4 Å². The summed E-state index contributed by atoms with van der Waals surface area (Å²) in [5, 5.41) is 0. The standard InChI is InChI=1S/C10H10O3/c1-13-9-4-2-3-8(7-9)10(12)5-6-11/h2-4,6-7H,5H2,1H3. The number of ether oxygens (including phenoxy) is 1. The van der Waals surface area contributed by atoms with E-state index >= 15 is 0 Å². The summed E-state index contributed by atoms with van der Waals surface area (Å²) in [4.78, 5) is 21.3. The number of benzene rings is 1. The van der Waals surface area contributed by atoms with Gasteiger partial charge in [-0.15, -0.1) is 0 Å². The fraction of sp³-hybridized carbons (Fsp3) is 0.200. The van der Waals surface area contributed by atoms with Crippen molar-refractivity contribution in [1.29, 1.82) is 0 Å². The van der Waals surface area contributed by atoms with Gasteiger partial charge in [0.25, 0.3) is 0 Å². The molecule has 3 heteroatoms. The van der Waals surface area contributed by atoms with Crippen LogP contribution in [0.15, 0.2) is 24.3 Å². The molecule has 1 aromatic rings. The smallest absolute Gasteiger partial charge is 0.170 e. The summed E-state index contributed by atoms with van der Waals surface area (Å²) < 4.78 is 4.94. The summed E-state index contributed by atoms with van der Waals surface area (Å²) in [6.07, 6.45) is 0.523. The van der Waals surface area contributed by atoms with Crippen molar-refractivity contribution in [2.45, 2.75) is 6.42 Å². The van der Waals surface area contributed by atoms with Crippen LogP contribution in [0.5, 0.6) is 5.75 Å². The maximum Gasteiger partial charge on any atom is 0.170 e. The molecule has 0 radical (unpaired) electrons. The molecule has 0 saturated heterocycles. The lowest BCUT2D eigenvalue weighted by Crippen LogP contribution is -1.99. The van der Waals surface area contributed by atoms with Crippen LogP contribution in [0.2, 0.25) is 0 Å². The van der Waals surface area contributed by atoms with Gasteiger partial charge >= 0.3 is 0 Å². The fourth-order valence-electron chi connectivity index (χ4n) is 0.990. The van der Waals surface area contributed by atoms with Gasteiger partial charge in [-0.05, 0) is 12.1 Å². The second-order valence-electron chi connectivity index (χ2n) is 2.53. The van der Waals surface area contributed by atoms with E-state index in [4.69, 9.17) is 4.74 Å². The third-order valence-corrected chi connectivity index (χ3v) is 1.66. The maximum atomic E-state index is 11.2. The molecule has 0 fully saturated rings. The monoisotopic (exact) mass is 178 g/mol. The number of hydrogen-bond donors (Lipinski definition) is 0. The Bertz CT molecular complexity index is 318. The van der Waals surface area contributed by atoms with Crippen LogP contribution in [-0.2, 0) is 4.79 Å². The molecule has 13 heavy (non-hydrogen) atoms. The quantitative estimate of drug-likeness (QED) is 0.398. The van der Waals surface area contributed by atoms with E-state index in [0.717, 1.165) is 0 Å². The van der Waals surface area contributed by atoms with Crippen molar-refractivity contribution in [2.75, 3.05) is 7.11 Å². The Labute approximate surface area is 76.3 Å². The van der Waals surface area contributed by atoms with Gasteiger partial charge in [0.1, 0.15) is 12.0 Å². The zero-order valence-corrected chi connectivity index (χ0v) is 7.32. The zero-order chi connectivity index (χ0) is 9.68. The first-order valence-electron chi connectivity index (χ1n) is 3.89. The number of carbonyl (C=O) groups excluding carboxylic acids is 2. The van der Waals surface area contributed by atoms with Gasteiger partial charge in [0.05, 0.1) is 13.5 Å². The first kappa shape index (κ1) is 9.45. The highest BCUT2D eigenvalue weighted by Crippen LogP contribution is 2.13. The molecule has 0 aliphatic carbocycles. The third kappa shape index (κ3) is 2.40. The van der Waals surface area contributed by atoms with Crippen LogP contribution in [0.4, 0.5) is 0 Å². The van der Waals surface area contributed by atoms with Crippen molar-refractivity contribution >= 4 is 12.1 Å². The first-order chi connectivity index (χ1) is 6.27. The van der Waals surface area contributed by atoms with Gasteiger partial charge < -0.3 is 9.53 Å². The van der Waals surface area contributed by atoms with Crippen molar-refractivity contribution < 1.29 is 14.3 Å². The molecule has 0 aliphatic heterocycles. The van der Waals surface area contributed by atoms with E-state index in [9.17, 15) is 9.59 Å². The van der Waals surface area contributed by atoms with Gasteiger partial charge in [-0.1, -0.05) is 12.1 Å². The number of methoxy groups -OCH3 is 1. The molecule has 0 aromatic heterocycles. The van der Waals surface area contributed by atoms with E-state index in [1.165, 1.54) is 7.11 Å². The van der Waals surface area contributed by atoms with Crippen molar-refractivity contribution in [2.24, 2.45) is 0 Å². The van der Waals surface area contributed by atoms with Crippen LogP contribution in [0.25, 0.3) is 0 Å². The molecule has 0 amide bonds. The van der Waals surface area contributed by atoms with Gasteiger partial charge in [0.2, 0.25) is 0 Å². The van der Waals surface area contributed by atoms with E-state index in [-0.39, 0.29) is 12.2 Å². The van der Waals surface area contributed by atoms with Crippen molar-refractivity contribution in [3.8, 4) is 5.75 Å². The predicted octanol–water partition coefficient (Wildman–Crippen LogP) is 1.47. The van der Waals surface area contributed by atoms with Crippen LogP contribution in [0.3, 0.4) is 0 Å². The minimum Gasteiger partial charge on any atom is -0.497 e. The molecule has 0 aliphatic rings. The predicted molar refractivity (Wildman–Crippen MR) is 48.0 cm³/mol. The van der Waals surface area contributed by atoms with Crippen molar-refractivity contribution in [1.82, 2.24) is 0 Å². The number of carbonyl (C=O) groups is 2.